The van der Waals surface area contributed by atoms with Crippen LogP contribution >= 0.6 is 0 Å². The van der Waals surface area contributed by atoms with Gasteiger partial charge in [-0.3, -0.25) is 4.79 Å². The van der Waals surface area contributed by atoms with Crippen molar-refractivity contribution in [2.45, 2.75) is 12.8 Å². The molecule has 0 bridgehead atoms. The summed E-state index contributed by atoms with van der Waals surface area (Å²) in [4.78, 5) is 13.6. The highest BCUT2D eigenvalue weighted by Crippen LogP contribution is 2.08. The Bertz CT molecular complexity index is 367. The Labute approximate surface area is 108 Å². The van der Waals surface area contributed by atoms with Crippen LogP contribution in [0.2, 0.25) is 0 Å². The number of amides is 1. The van der Waals surface area contributed by atoms with E-state index in [0.717, 1.165) is 38.2 Å². The van der Waals surface area contributed by atoms with E-state index in [2.05, 4.69) is 5.32 Å². The zero-order valence-corrected chi connectivity index (χ0v) is 10.6. The Morgan fingerprint density at radius 2 is 2.11 bits per heavy atom. The minimum absolute atomic E-state index is 0.201. The SMILES string of the molecule is O=C1CNCCCN1CCCOc1ccccc1. The first-order chi connectivity index (χ1) is 8.86. The fraction of sp³-hybridized carbons (Fsp3) is 0.500. The van der Waals surface area contributed by atoms with E-state index in [0.29, 0.717) is 13.2 Å². The number of ether oxygens (including phenoxy) is 1. The summed E-state index contributed by atoms with van der Waals surface area (Å²) >= 11 is 0. The van der Waals surface area contributed by atoms with Crippen molar-refractivity contribution in [2.75, 3.05) is 32.8 Å². The number of hydrogen-bond acceptors (Lipinski definition) is 3. The first-order valence-corrected chi connectivity index (χ1v) is 6.52. The summed E-state index contributed by atoms with van der Waals surface area (Å²) < 4.78 is 5.61. The molecule has 1 aliphatic heterocycles. The number of rotatable bonds is 5. The Kier molecular flexibility index (Phi) is 5.02. The van der Waals surface area contributed by atoms with Crippen LogP contribution in [0.15, 0.2) is 30.3 Å². The van der Waals surface area contributed by atoms with Gasteiger partial charge in [0.2, 0.25) is 5.91 Å². The second-order valence-corrected chi connectivity index (χ2v) is 4.43. The fourth-order valence-corrected chi connectivity index (χ4v) is 2.03. The third-order valence-corrected chi connectivity index (χ3v) is 2.99. The van der Waals surface area contributed by atoms with Gasteiger partial charge < -0.3 is 15.0 Å². The van der Waals surface area contributed by atoms with Gasteiger partial charge in [0.25, 0.3) is 0 Å². The predicted molar refractivity (Wildman–Crippen MR) is 70.6 cm³/mol. The van der Waals surface area contributed by atoms with Gasteiger partial charge in [0.1, 0.15) is 5.75 Å². The van der Waals surface area contributed by atoms with Crippen LogP contribution in [0.4, 0.5) is 0 Å². The second-order valence-electron chi connectivity index (χ2n) is 4.43. The number of para-hydroxylation sites is 1. The average Bonchev–Trinajstić information content (AvgIpc) is 2.61. The smallest absolute Gasteiger partial charge is 0.236 e. The largest absolute Gasteiger partial charge is 0.494 e. The quantitative estimate of drug-likeness (QED) is 0.798. The second kappa shape index (κ2) is 7.01. The molecule has 1 fully saturated rings. The van der Waals surface area contributed by atoms with Crippen molar-refractivity contribution in [3.05, 3.63) is 30.3 Å². The third kappa shape index (κ3) is 4.04. The lowest BCUT2D eigenvalue weighted by Gasteiger charge is -2.19. The summed E-state index contributed by atoms with van der Waals surface area (Å²) in [5.41, 5.74) is 0. The summed E-state index contributed by atoms with van der Waals surface area (Å²) in [7, 11) is 0. The van der Waals surface area contributed by atoms with Crippen molar-refractivity contribution >= 4 is 5.91 Å². The molecule has 1 heterocycles. The van der Waals surface area contributed by atoms with Crippen LogP contribution in [0.3, 0.4) is 0 Å². The number of nitrogens with one attached hydrogen (secondary N) is 1. The molecular formula is C14H20N2O2. The average molecular weight is 248 g/mol. The van der Waals surface area contributed by atoms with Gasteiger partial charge in [0.15, 0.2) is 0 Å². The van der Waals surface area contributed by atoms with Crippen LogP contribution in [0.1, 0.15) is 12.8 Å². The zero-order valence-electron chi connectivity index (χ0n) is 10.6. The maximum absolute atomic E-state index is 11.7. The predicted octanol–water partition coefficient (Wildman–Crippen LogP) is 1.28. The Morgan fingerprint density at radius 1 is 1.28 bits per heavy atom. The Hall–Kier alpha value is -1.55. The maximum atomic E-state index is 11.7. The number of hydrogen-bond donors (Lipinski definition) is 1. The van der Waals surface area contributed by atoms with Gasteiger partial charge in [-0.1, -0.05) is 18.2 Å². The number of carbonyl (C=O) groups is 1. The molecule has 1 aliphatic rings. The van der Waals surface area contributed by atoms with Gasteiger partial charge in [-0.15, -0.1) is 0 Å². The summed E-state index contributed by atoms with van der Waals surface area (Å²) in [6.07, 6.45) is 1.91. The van der Waals surface area contributed by atoms with Gasteiger partial charge in [-0.2, -0.15) is 0 Å². The summed E-state index contributed by atoms with van der Waals surface area (Å²) in [6.45, 7) is 3.70. The van der Waals surface area contributed by atoms with Crippen LogP contribution in [0, 0.1) is 0 Å². The van der Waals surface area contributed by atoms with E-state index in [9.17, 15) is 4.79 Å². The van der Waals surface area contributed by atoms with Crippen molar-refractivity contribution in [1.29, 1.82) is 0 Å². The molecule has 1 saturated heterocycles. The third-order valence-electron chi connectivity index (χ3n) is 2.99. The molecule has 98 valence electrons. The van der Waals surface area contributed by atoms with Crippen LogP contribution in [-0.2, 0) is 4.79 Å². The highest BCUT2D eigenvalue weighted by atomic mass is 16.5. The van der Waals surface area contributed by atoms with E-state index in [4.69, 9.17) is 4.74 Å². The van der Waals surface area contributed by atoms with E-state index in [-0.39, 0.29) is 5.91 Å². The molecule has 1 amide bonds. The van der Waals surface area contributed by atoms with E-state index >= 15 is 0 Å². The van der Waals surface area contributed by atoms with Crippen molar-refractivity contribution in [3.63, 3.8) is 0 Å². The summed E-state index contributed by atoms with van der Waals surface area (Å²) in [5.74, 6) is 1.09. The molecule has 0 spiro atoms. The molecule has 0 saturated carbocycles. The topological polar surface area (TPSA) is 41.6 Å². The first kappa shape index (κ1) is 12.9. The highest BCUT2D eigenvalue weighted by molar-refractivity contribution is 5.78. The lowest BCUT2D eigenvalue weighted by atomic mass is 10.3. The normalized spacial score (nSPS) is 16.4. The van der Waals surface area contributed by atoms with Gasteiger partial charge in [0.05, 0.1) is 13.2 Å². The standard InChI is InChI=1S/C14H20N2O2/c17-14-12-15-8-4-9-16(14)10-5-11-18-13-6-2-1-3-7-13/h1-3,6-7,15H,4-5,8-12H2. The Morgan fingerprint density at radius 3 is 2.94 bits per heavy atom. The van der Waals surface area contributed by atoms with E-state index < -0.39 is 0 Å². The molecule has 0 radical (unpaired) electrons. The molecule has 0 atom stereocenters. The maximum Gasteiger partial charge on any atom is 0.236 e. The van der Waals surface area contributed by atoms with Crippen molar-refractivity contribution in [1.82, 2.24) is 10.2 Å². The number of nitrogens with zero attached hydrogens (tertiary/aromatic N) is 1. The van der Waals surface area contributed by atoms with Crippen LogP contribution in [-0.4, -0.2) is 43.6 Å². The van der Waals surface area contributed by atoms with Crippen molar-refractivity contribution in [3.8, 4) is 5.75 Å². The summed E-state index contributed by atoms with van der Waals surface area (Å²) in [6, 6.07) is 9.77. The van der Waals surface area contributed by atoms with E-state index in [1.54, 1.807) is 0 Å². The van der Waals surface area contributed by atoms with Crippen molar-refractivity contribution < 1.29 is 9.53 Å². The molecule has 18 heavy (non-hydrogen) atoms. The molecule has 2 rings (SSSR count). The lowest BCUT2D eigenvalue weighted by molar-refractivity contribution is -0.129. The van der Waals surface area contributed by atoms with Gasteiger partial charge in [-0.05, 0) is 31.5 Å². The Balaban J connectivity index is 1.67. The molecule has 1 aromatic rings. The molecule has 1 N–H and O–H groups in total. The number of carbonyl (C=O) groups excluding carboxylic acids is 1. The van der Waals surface area contributed by atoms with E-state index in [1.807, 2.05) is 35.2 Å². The van der Waals surface area contributed by atoms with E-state index in [1.165, 1.54) is 0 Å². The van der Waals surface area contributed by atoms with Gasteiger partial charge >= 0.3 is 0 Å². The van der Waals surface area contributed by atoms with Gasteiger partial charge in [-0.25, -0.2) is 0 Å². The molecule has 1 aromatic carbocycles. The van der Waals surface area contributed by atoms with Crippen LogP contribution in [0.5, 0.6) is 5.75 Å². The monoisotopic (exact) mass is 248 g/mol. The number of benzene rings is 1. The molecule has 0 aliphatic carbocycles. The molecule has 0 unspecified atom stereocenters. The summed E-state index contributed by atoms with van der Waals surface area (Å²) in [5, 5.41) is 3.12. The van der Waals surface area contributed by atoms with Crippen LogP contribution < -0.4 is 10.1 Å². The van der Waals surface area contributed by atoms with Crippen molar-refractivity contribution in [2.24, 2.45) is 0 Å². The highest BCUT2D eigenvalue weighted by Gasteiger charge is 2.15. The molecule has 4 heteroatoms. The fourth-order valence-electron chi connectivity index (χ4n) is 2.03. The minimum atomic E-state index is 0.201. The van der Waals surface area contributed by atoms with Gasteiger partial charge in [0, 0.05) is 13.1 Å². The zero-order chi connectivity index (χ0) is 12.6. The lowest BCUT2D eigenvalue weighted by Crippen LogP contribution is -2.36. The molecule has 4 nitrogen and oxygen atoms in total. The molecular weight excluding hydrogens is 228 g/mol. The molecule has 0 aromatic heterocycles. The first-order valence-electron chi connectivity index (χ1n) is 6.52. The minimum Gasteiger partial charge on any atom is -0.494 e. The van der Waals surface area contributed by atoms with Crippen LogP contribution in [0.25, 0.3) is 0 Å².